The third kappa shape index (κ3) is 3.46. The lowest BCUT2D eigenvalue weighted by Gasteiger charge is -2.15. The van der Waals surface area contributed by atoms with Gasteiger partial charge in [0.25, 0.3) is 5.91 Å². The van der Waals surface area contributed by atoms with Gasteiger partial charge in [-0.05, 0) is 23.8 Å². The average Bonchev–Trinajstić information content (AvgIpc) is 2.99. The van der Waals surface area contributed by atoms with Crippen LogP contribution in [0.1, 0.15) is 17.2 Å². The molecule has 2 aromatic carbocycles. The van der Waals surface area contributed by atoms with Gasteiger partial charge in [-0.2, -0.15) is 0 Å². The van der Waals surface area contributed by atoms with Gasteiger partial charge in [0.1, 0.15) is 0 Å². The predicted octanol–water partition coefficient (Wildman–Crippen LogP) is 2.63. The van der Waals surface area contributed by atoms with Crippen LogP contribution < -0.4 is 10.1 Å². The molecular formula is C17H15ClFNO3. The van der Waals surface area contributed by atoms with Crippen LogP contribution in [0.2, 0.25) is 5.02 Å². The molecule has 2 aromatic rings. The number of hydrogen-bond acceptors (Lipinski definition) is 3. The summed E-state index contributed by atoms with van der Waals surface area (Å²) in [5.41, 5.74) is 1.32. The van der Waals surface area contributed by atoms with Gasteiger partial charge in [0.2, 0.25) is 0 Å². The fourth-order valence-electron chi connectivity index (χ4n) is 2.49. The molecule has 120 valence electrons. The molecule has 0 aromatic heterocycles. The van der Waals surface area contributed by atoms with Crippen LogP contribution in [0.15, 0.2) is 42.5 Å². The van der Waals surface area contributed by atoms with Crippen molar-refractivity contribution in [2.75, 3.05) is 6.54 Å². The first kappa shape index (κ1) is 15.8. The molecule has 23 heavy (non-hydrogen) atoms. The highest BCUT2D eigenvalue weighted by molar-refractivity contribution is 6.30. The van der Waals surface area contributed by atoms with Gasteiger partial charge in [-0.3, -0.25) is 4.79 Å². The van der Waals surface area contributed by atoms with E-state index in [9.17, 15) is 14.3 Å². The van der Waals surface area contributed by atoms with Crippen LogP contribution in [-0.4, -0.2) is 23.7 Å². The Morgan fingerprint density at radius 2 is 2.09 bits per heavy atom. The summed E-state index contributed by atoms with van der Waals surface area (Å²) >= 11 is 5.79. The van der Waals surface area contributed by atoms with Crippen molar-refractivity contribution >= 4 is 17.5 Å². The fraction of sp³-hybridized carbons (Fsp3) is 0.235. The van der Waals surface area contributed by atoms with Crippen molar-refractivity contribution in [3.05, 3.63) is 64.4 Å². The Morgan fingerprint density at radius 1 is 1.35 bits per heavy atom. The number of nitrogens with one attached hydrogen (secondary N) is 1. The molecule has 0 saturated heterocycles. The number of para-hydroxylation sites is 1. The molecule has 1 heterocycles. The van der Waals surface area contributed by atoms with E-state index in [1.54, 1.807) is 36.4 Å². The van der Waals surface area contributed by atoms with Crippen molar-refractivity contribution in [1.29, 1.82) is 0 Å². The van der Waals surface area contributed by atoms with Crippen molar-refractivity contribution in [2.24, 2.45) is 0 Å². The molecule has 0 saturated carbocycles. The summed E-state index contributed by atoms with van der Waals surface area (Å²) in [6.45, 7) is 0.0408. The number of fused-ring (bicyclic) bond motifs is 1. The van der Waals surface area contributed by atoms with Crippen molar-refractivity contribution < 1.29 is 19.0 Å². The minimum atomic E-state index is -0.850. The number of amides is 1. The van der Waals surface area contributed by atoms with E-state index in [4.69, 9.17) is 16.3 Å². The van der Waals surface area contributed by atoms with Crippen LogP contribution in [-0.2, 0) is 11.2 Å². The molecule has 0 aliphatic carbocycles. The van der Waals surface area contributed by atoms with E-state index in [0.29, 0.717) is 22.6 Å². The second-order valence-corrected chi connectivity index (χ2v) is 5.79. The first-order chi connectivity index (χ1) is 11.0. The minimum absolute atomic E-state index is 0.0408. The Morgan fingerprint density at radius 3 is 2.78 bits per heavy atom. The lowest BCUT2D eigenvalue weighted by molar-refractivity contribution is -0.127. The molecule has 2 unspecified atom stereocenters. The van der Waals surface area contributed by atoms with Gasteiger partial charge < -0.3 is 15.2 Å². The first-order valence-electron chi connectivity index (χ1n) is 7.20. The standard InChI is InChI=1S/C17H15ClFNO3/c18-12-6-4-10(5-7-12)14(21)9-20-17(22)15-8-11-2-1-3-13(19)16(11)23-15/h1-7,14-15,21H,8-9H2,(H,20,22). The summed E-state index contributed by atoms with van der Waals surface area (Å²) in [6.07, 6.45) is -1.31. The van der Waals surface area contributed by atoms with Crippen LogP contribution in [0.5, 0.6) is 5.75 Å². The third-order valence-electron chi connectivity index (χ3n) is 3.73. The molecule has 0 bridgehead atoms. The molecule has 2 atom stereocenters. The summed E-state index contributed by atoms with van der Waals surface area (Å²) in [6, 6.07) is 11.3. The third-order valence-corrected chi connectivity index (χ3v) is 3.98. The SMILES string of the molecule is O=C(NCC(O)c1ccc(Cl)cc1)C1Cc2cccc(F)c2O1. The van der Waals surface area contributed by atoms with Gasteiger partial charge in [-0.25, -0.2) is 4.39 Å². The number of halogens is 2. The Balaban J connectivity index is 1.56. The molecule has 0 radical (unpaired) electrons. The maximum atomic E-state index is 13.6. The summed E-state index contributed by atoms with van der Waals surface area (Å²) in [5, 5.41) is 13.3. The van der Waals surface area contributed by atoms with Gasteiger partial charge in [-0.1, -0.05) is 35.9 Å². The highest BCUT2D eigenvalue weighted by Gasteiger charge is 2.31. The molecule has 3 rings (SSSR count). The van der Waals surface area contributed by atoms with Crippen LogP contribution in [0.25, 0.3) is 0 Å². The van der Waals surface area contributed by atoms with E-state index in [-0.39, 0.29) is 18.2 Å². The maximum Gasteiger partial charge on any atom is 0.261 e. The summed E-state index contributed by atoms with van der Waals surface area (Å²) in [4.78, 5) is 12.1. The number of aliphatic hydroxyl groups is 1. The monoisotopic (exact) mass is 335 g/mol. The quantitative estimate of drug-likeness (QED) is 0.903. The van der Waals surface area contributed by atoms with Crippen LogP contribution in [0.3, 0.4) is 0 Å². The van der Waals surface area contributed by atoms with E-state index >= 15 is 0 Å². The van der Waals surface area contributed by atoms with Crippen LogP contribution in [0.4, 0.5) is 4.39 Å². The maximum absolute atomic E-state index is 13.6. The highest BCUT2D eigenvalue weighted by Crippen LogP contribution is 2.31. The zero-order valence-electron chi connectivity index (χ0n) is 12.1. The van der Waals surface area contributed by atoms with E-state index in [1.807, 2.05) is 0 Å². The van der Waals surface area contributed by atoms with Gasteiger partial charge in [0, 0.05) is 23.6 Å². The van der Waals surface area contributed by atoms with Gasteiger partial charge in [0.05, 0.1) is 6.10 Å². The molecule has 6 heteroatoms. The number of carbonyl (C=O) groups excluding carboxylic acids is 1. The predicted molar refractivity (Wildman–Crippen MR) is 83.9 cm³/mol. The number of carbonyl (C=O) groups is 1. The summed E-state index contributed by atoms with van der Waals surface area (Å²) in [5.74, 6) is -0.724. The second-order valence-electron chi connectivity index (χ2n) is 5.35. The van der Waals surface area contributed by atoms with Crippen molar-refractivity contribution in [3.63, 3.8) is 0 Å². The normalized spacial score (nSPS) is 17.3. The Hall–Kier alpha value is -2.11. The lowest BCUT2D eigenvalue weighted by atomic mass is 10.1. The Labute approximate surface area is 137 Å². The molecule has 1 amide bonds. The summed E-state index contributed by atoms with van der Waals surface area (Å²) in [7, 11) is 0. The lowest BCUT2D eigenvalue weighted by Crippen LogP contribution is -2.39. The number of aliphatic hydroxyl groups excluding tert-OH is 1. The van der Waals surface area contributed by atoms with E-state index < -0.39 is 18.0 Å². The molecule has 0 fully saturated rings. The zero-order valence-corrected chi connectivity index (χ0v) is 12.9. The van der Waals surface area contributed by atoms with Crippen molar-refractivity contribution in [1.82, 2.24) is 5.32 Å². The Kier molecular flexibility index (Phi) is 4.50. The minimum Gasteiger partial charge on any atom is -0.477 e. The largest absolute Gasteiger partial charge is 0.477 e. The molecule has 1 aliphatic rings. The van der Waals surface area contributed by atoms with E-state index in [1.165, 1.54) is 6.07 Å². The highest BCUT2D eigenvalue weighted by atomic mass is 35.5. The smallest absolute Gasteiger partial charge is 0.261 e. The van der Waals surface area contributed by atoms with Gasteiger partial charge >= 0.3 is 0 Å². The molecule has 0 spiro atoms. The number of ether oxygens (including phenoxy) is 1. The first-order valence-corrected chi connectivity index (χ1v) is 7.57. The molecular weight excluding hydrogens is 321 g/mol. The molecule has 4 nitrogen and oxygen atoms in total. The Bertz CT molecular complexity index is 720. The zero-order chi connectivity index (χ0) is 16.4. The number of rotatable bonds is 4. The average molecular weight is 336 g/mol. The summed E-state index contributed by atoms with van der Waals surface area (Å²) < 4.78 is 19.0. The van der Waals surface area contributed by atoms with Crippen molar-refractivity contribution in [3.8, 4) is 5.75 Å². The van der Waals surface area contributed by atoms with E-state index in [0.717, 1.165) is 0 Å². The number of benzene rings is 2. The molecule has 1 aliphatic heterocycles. The van der Waals surface area contributed by atoms with Gasteiger partial charge in [0.15, 0.2) is 17.7 Å². The number of hydrogen-bond donors (Lipinski definition) is 2. The van der Waals surface area contributed by atoms with Gasteiger partial charge in [-0.15, -0.1) is 0 Å². The van der Waals surface area contributed by atoms with Crippen molar-refractivity contribution in [2.45, 2.75) is 18.6 Å². The second kappa shape index (κ2) is 6.56. The topological polar surface area (TPSA) is 58.6 Å². The van der Waals surface area contributed by atoms with Crippen LogP contribution in [0, 0.1) is 5.82 Å². The van der Waals surface area contributed by atoms with E-state index in [2.05, 4.69) is 5.32 Å². The van der Waals surface area contributed by atoms with Crippen LogP contribution >= 0.6 is 11.6 Å². The fourth-order valence-corrected chi connectivity index (χ4v) is 2.62. The molecule has 2 N–H and O–H groups in total.